The Morgan fingerprint density at radius 1 is 1.44 bits per heavy atom. The fourth-order valence-electron chi connectivity index (χ4n) is 2.43. The van der Waals surface area contributed by atoms with E-state index >= 15 is 0 Å². The van der Waals surface area contributed by atoms with E-state index in [2.05, 4.69) is 10.4 Å². The summed E-state index contributed by atoms with van der Waals surface area (Å²) in [7, 11) is 1.88. The van der Waals surface area contributed by atoms with Crippen molar-refractivity contribution >= 4 is 24.0 Å². The van der Waals surface area contributed by atoms with Crippen molar-refractivity contribution in [1.29, 1.82) is 0 Å². The van der Waals surface area contributed by atoms with E-state index in [4.69, 9.17) is 5.73 Å². The molecule has 2 rings (SSSR count). The van der Waals surface area contributed by atoms with E-state index in [1.807, 2.05) is 20.9 Å². The van der Waals surface area contributed by atoms with Crippen molar-refractivity contribution < 1.29 is 4.79 Å². The number of nitrogens with two attached hydrogens (primary N) is 1. The second-order valence-electron chi connectivity index (χ2n) is 4.93. The van der Waals surface area contributed by atoms with Gasteiger partial charge < -0.3 is 11.1 Å². The normalized spacial score (nSPS) is 22.7. The van der Waals surface area contributed by atoms with Gasteiger partial charge >= 0.3 is 0 Å². The average Bonchev–Trinajstić information content (AvgIpc) is 2.79. The van der Waals surface area contributed by atoms with Gasteiger partial charge in [0.2, 0.25) is 5.91 Å². The molecule has 6 heteroatoms. The molecule has 1 aliphatic rings. The van der Waals surface area contributed by atoms with Gasteiger partial charge in [-0.2, -0.15) is 5.10 Å². The van der Waals surface area contributed by atoms with Gasteiger partial charge in [-0.25, -0.2) is 0 Å². The fraction of sp³-hybridized carbons (Fsp3) is 0.667. The fourth-order valence-corrected chi connectivity index (χ4v) is 2.43. The summed E-state index contributed by atoms with van der Waals surface area (Å²) in [4.78, 5) is 12.1. The van der Waals surface area contributed by atoms with E-state index in [-0.39, 0.29) is 30.3 Å². The van der Waals surface area contributed by atoms with E-state index in [0.29, 0.717) is 0 Å². The van der Waals surface area contributed by atoms with E-state index in [1.165, 1.54) is 0 Å². The molecule has 102 valence electrons. The standard InChI is InChI=1S/C12H20N4O.ClH/c1-7-11(8(2)16(3)15-7)14-12(17)9-4-5-10(13)6-9;/h9-10H,4-6,13H2,1-3H3,(H,14,17);1H. The SMILES string of the molecule is Cc1nn(C)c(C)c1NC(=O)C1CCC(N)C1.Cl. The van der Waals surface area contributed by atoms with Crippen LogP contribution in [-0.4, -0.2) is 21.7 Å². The van der Waals surface area contributed by atoms with Crippen LogP contribution in [0.5, 0.6) is 0 Å². The first-order valence-corrected chi connectivity index (χ1v) is 6.05. The highest BCUT2D eigenvalue weighted by Crippen LogP contribution is 2.27. The summed E-state index contributed by atoms with van der Waals surface area (Å²) in [5, 5.41) is 7.27. The maximum absolute atomic E-state index is 12.1. The Morgan fingerprint density at radius 3 is 2.56 bits per heavy atom. The maximum atomic E-state index is 12.1. The molecule has 1 fully saturated rings. The van der Waals surface area contributed by atoms with Gasteiger partial charge in [-0.3, -0.25) is 9.48 Å². The molecule has 0 radical (unpaired) electrons. The number of hydrogen-bond acceptors (Lipinski definition) is 3. The molecule has 2 unspecified atom stereocenters. The van der Waals surface area contributed by atoms with Crippen LogP contribution in [0.2, 0.25) is 0 Å². The van der Waals surface area contributed by atoms with Gasteiger partial charge in [-0.1, -0.05) is 0 Å². The molecule has 1 aromatic rings. The van der Waals surface area contributed by atoms with Crippen LogP contribution in [0, 0.1) is 19.8 Å². The van der Waals surface area contributed by atoms with E-state index < -0.39 is 0 Å². The number of aromatic nitrogens is 2. The molecule has 2 atom stereocenters. The molecule has 0 aromatic carbocycles. The molecule has 5 nitrogen and oxygen atoms in total. The number of nitrogens with zero attached hydrogens (tertiary/aromatic N) is 2. The average molecular weight is 273 g/mol. The summed E-state index contributed by atoms with van der Waals surface area (Å²) >= 11 is 0. The van der Waals surface area contributed by atoms with Gasteiger partial charge in [0.15, 0.2) is 0 Å². The van der Waals surface area contributed by atoms with Crippen molar-refractivity contribution in [2.75, 3.05) is 5.32 Å². The van der Waals surface area contributed by atoms with E-state index in [1.54, 1.807) is 4.68 Å². The molecule has 1 amide bonds. The van der Waals surface area contributed by atoms with Crippen LogP contribution in [0.4, 0.5) is 5.69 Å². The highest BCUT2D eigenvalue weighted by molar-refractivity contribution is 5.93. The molecular formula is C12H21ClN4O. The summed E-state index contributed by atoms with van der Waals surface area (Å²) in [6, 6.07) is 0.182. The third kappa shape index (κ3) is 2.84. The van der Waals surface area contributed by atoms with Crippen molar-refractivity contribution in [2.24, 2.45) is 18.7 Å². The number of halogens is 1. The predicted octanol–water partition coefficient (Wildman–Crippen LogP) is 1.52. The molecule has 1 aromatic heterocycles. The van der Waals surface area contributed by atoms with Crippen molar-refractivity contribution in [2.45, 2.75) is 39.2 Å². The Kier molecular flexibility index (Phi) is 4.76. The van der Waals surface area contributed by atoms with Gasteiger partial charge in [0, 0.05) is 19.0 Å². The van der Waals surface area contributed by atoms with E-state index in [9.17, 15) is 4.79 Å². The van der Waals surface area contributed by atoms with Crippen LogP contribution in [0.25, 0.3) is 0 Å². The molecule has 18 heavy (non-hydrogen) atoms. The van der Waals surface area contributed by atoms with Crippen LogP contribution in [0.1, 0.15) is 30.7 Å². The van der Waals surface area contributed by atoms with Crippen LogP contribution < -0.4 is 11.1 Å². The number of aryl methyl sites for hydroxylation is 2. The predicted molar refractivity (Wildman–Crippen MR) is 73.9 cm³/mol. The Balaban J connectivity index is 0.00000162. The Hall–Kier alpha value is -1.07. The number of carbonyl (C=O) groups is 1. The van der Waals surface area contributed by atoms with Gasteiger partial charge in [0.1, 0.15) is 0 Å². The van der Waals surface area contributed by atoms with Crippen molar-refractivity contribution in [1.82, 2.24) is 9.78 Å². The molecule has 0 saturated heterocycles. The van der Waals surface area contributed by atoms with Gasteiger partial charge in [-0.15, -0.1) is 12.4 Å². The second-order valence-corrected chi connectivity index (χ2v) is 4.93. The minimum Gasteiger partial charge on any atom is -0.328 e. The topological polar surface area (TPSA) is 72.9 Å². The lowest BCUT2D eigenvalue weighted by molar-refractivity contribution is -0.119. The number of rotatable bonds is 2. The van der Waals surface area contributed by atoms with Crippen LogP contribution in [-0.2, 0) is 11.8 Å². The third-order valence-electron chi connectivity index (χ3n) is 3.60. The quantitative estimate of drug-likeness (QED) is 0.857. The first-order valence-electron chi connectivity index (χ1n) is 6.05. The summed E-state index contributed by atoms with van der Waals surface area (Å²) in [6.45, 7) is 3.86. The Bertz CT molecular complexity index is 444. The summed E-state index contributed by atoms with van der Waals surface area (Å²) in [6.07, 6.45) is 2.64. The lowest BCUT2D eigenvalue weighted by Crippen LogP contribution is -2.23. The third-order valence-corrected chi connectivity index (χ3v) is 3.60. The molecule has 1 heterocycles. The van der Waals surface area contributed by atoms with Crippen LogP contribution in [0.3, 0.4) is 0 Å². The summed E-state index contributed by atoms with van der Waals surface area (Å²) in [5.74, 6) is 0.140. The number of amides is 1. The van der Waals surface area contributed by atoms with Crippen LogP contribution in [0.15, 0.2) is 0 Å². The molecular weight excluding hydrogens is 252 g/mol. The number of hydrogen-bond donors (Lipinski definition) is 2. The molecule has 0 bridgehead atoms. The highest BCUT2D eigenvalue weighted by atomic mass is 35.5. The first-order chi connectivity index (χ1) is 7.99. The minimum atomic E-state index is 0. The lowest BCUT2D eigenvalue weighted by Gasteiger charge is -2.11. The zero-order chi connectivity index (χ0) is 12.6. The second kappa shape index (κ2) is 5.71. The van der Waals surface area contributed by atoms with Crippen molar-refractivity contribution in [3.63, 3.8) is 0 Å². The summed E-state index contributed by atoms with van der Waals surface area (Å²) in [5.41, 5.74) is 8.52. The lowest BCUT2D eigenvalue weighted by atomic mass is 10.1. The number of carbonyl (C=O) groups excluding carboxylic acids is 1. The molecule has 3 N–H and O–H groups in total. The summed E-state index contributed by atoms with van der Waals surface area (Å²) < 4.78 is 1.78. The zero-order valence-electron chi connectivity index (χ0n) is 11.1. The maximum Gasteiger partial charge on any atom is 0.227 e. The zero-order valence-corrected chi connectivity index (χ0v) is 11.9. The monoisotopic (exact) mass is 272 g/mol. The minimum absolute atomic E-state index is 0. The van der Waals surface area contributed by atoms with Gasteiger partial charge in [0.05, 0.1) is 17.1 Å². The Morgan fingerprint density at radius 2 is 2.11 bits per heavy atom. The smallest absolute Gasteiger partial charge is 0.227 e. The van der Waals surface area contributed by atoms with Crippen molar-refractivity contribution in [3.05, 3.63) is 11.4 Å². The highest BCUT2D eigenvalue weighted by Gasteiger charge is 2.28. The molecule has 1 aliphatic carbocycles. The molecule has 0 aliphatic heterocycles. The van der Waals surface area contributed by atoms with Crippen LogP contribution >= 0.6 is 12.4 Å². The number of nitrogens with one attached hydrogen (secondary N) is 1. The van der Waals surface area contributed by atoms with Gasteiger partial charge in [-0.05, 0) is 33.1 Å². The van der Waals surface area contributed by atoms with E-state index in [0.717, 1.165) is 36.3 Å². The number of anilines is 1. The molecule has 0 spiro atoms. The molecule has 1 saturated carbocycles. The van der Waals surface area contributed by atoms with Crippen molar-refractivity contribution in [3.8, 4) is 0 Å². The Labute approximate surface area is 114 Å². The van der Waals surface area contributed by atoms with Gasteiger partial charge in [0.25, 0.3) is 0 Å². The largest absolute Gasteiger partial charge is 0.328 e. The first kappa shape index (κ1) is 15.0.